The molecule has 0 fully saturated rings. The van der Waals surface area contributed by atoms with Crippen molar-refractivity contribution in [3.05, 3.63) is 42.0 Å². The molecule has 17 heavy (non-hydrogen) atoms. The van der Waals surface area contributed by atoms with Crippen molar-refractivity contribution < 1.29 is 9.21 Å². The van der Waals surface area contributed by atoms with Crippen LogP contribution in [0.2, 0.25) is 0 Å². The van der Waals surface area contributed by atoms with E-state index in [0.717, 1.165) is 0 Å². The van der Waals surface area contributed by atoms with Crippen molar-refractivity contribution in [3.63, 3.8) is 0 Å². The maximum absolute atomic E-state index is 11.5. The van der Waals surface area contributed by atoms with E-state index in [9.17, 15) is 4.79 Å². The molecule has 0 atom stereocenters. The molecule has 0 saturated carbocycles. The van der Waals surface area contributed by atoms with Crippen LogP contribution in [0.3, 0.4) is 0 Å². The molecule has 0 bridgehead atoms. The lowest BCUT2D eigenvalue weighted by atomic mass is 10.2. The van der Waals surface area contributed by atoms with Crippen molar-refractivity contribution in [1.29, 1.82) is 0 Å². The molecule has 0 spiro atoms. The largest absolute Gasteiger partial charge is 0.440 e. The van der Waals surface area contributed by atoms with Crippen LogP contribution in [0.1, 0.15) is 16.1 Å². The number of nitrogens with zero attached hydrogens (tertiary/aromatic N) is 2. The minimum atomic E-state index is -0.360. The summed E-state index contributed by atoms with van der Waals surface area (Å²) >= 11 is 1.36. The average molecular weight is 250 g/mol. The summed E-state index contributed by atoms with van der Waals surface area (Å²) in [6.45, 7) is 0. The molecule has 3 N–H and O–H groups in total. The van der Waals surface area contributed by atoms with Crippen molar-refractivity contribution in [3.8, 4) is 0 Å². The number of rotatable bonds is 4. The topological polar surface area (TPSA) is 94.0 Å². The molecule has 2 rings (SSSR count). The Morgan fingerprint density at radius 1 is 1.47 bits per heavy atom. The molecule has 0 saturated heterocycles. The number of nitrogens with one attached hydrogen (secondary N) is 1. The zero-order valence-electron chi connectivity index (χ0n) is 8.79. The van der Waals surface area contributed by atoms with E-state index in [2.05, 4.69) is 15.4 Å². The fourth-order valence-corrected chi connectivity index (χ4v) is 2.00. The van der Waals surface area contributed by atoms with Gasteiger partial charge in [0.15, 0.2) is 0 Å². The van der Waals surface area contributed by atoms with E-state index >= 15 is 0 Å². The van der Waals surface area contributed by atoms with Gasteiger partial charge in [-0.25, -0.2) is 10.8 Å². The Bertz CT molecular complexity index is 501. The zero-order valence-corrected chi connectivity index (χ0v) is 9.61. The molecule has 6 nitrogen and oxygen atoms in total. The Morgan fingerprint density at radius 3 is 3.06 bits per heavy atom. The number of carbonyl (C=O) groups is 1. The number of nitrogens with two attached hydrogens (primary N) is 1. The minimum absolute atomic E-state index is 0.360. The third-order valence-electron chi connectivity index (χ3n) is 2.01. The number of pyridine rings is 1. The molecule has 1 amide bonds. The first-order chi connectivity index (χ1) is 8.31. The lowest BCUT2D eigenvalue weighted by Crippen LogP contribution is -2.30. The molecule has 88 valence electrons. The average Bonchev–Trinajstić information content (AvgIpc) is 2.89. The number of hydrogen-bond donors (Lipinski definition) is 2. The van der Waals surface area contributed by atoms with Gasteiger partial charge in [0.05, 0.1) is 17.5 Å². The number of thioether (sulfide) groups is 1. The van der Waals surface area contributed by atoms with Gasteiger partial charge >= 0.3 is 0 Å². The second-order valence-electron chi connectivity index (χ2n) is 3.06. The summed E-state index contributed by atoms with van der Waals surface area (Å²) < 4.78 is 5.08. The van der Waals surface area contributed by atoms with Crippen LogP contribution in [0, 0.1) is 0 Å². The summed E-state index contributed by atoms with van der Waals surface area (Å²) in [5.41, 5.74) is 3.18. The summed E-state index contributed by atoms with van der Waals surface area (Å²) in [7, 11) is 0. The Labute approximate surface area is 102 Å². The molecule has 0 aliphatic carbocycles. The van der Waals surface area contributed by atoms with Gasteiger partial charge in [-0.2, -0.15) is 0 Å². The van der Waals surface area contributed by atoms with Crippen LogP contribution in [0.4, 0.5) is 0 Å². The molecule has 7 heteroatoms. The molecule has 0 aromatic carbocycles. The maximum Gasteiger partial charge on any atom is 0.267 e. The fourth-order valence-electron chi connectivity index (χ4n) is 1.25. The van der Waals surface area contributed by atoms with Crippen LogP contribution in [-0.4, -0.2) is 15.9 Å². The van der Waals surface area contributed by atoms with E-state index < -0.39 is 0 Å². The standard InChI is InChI=1S/C10H10N4O2S/c11-14-9(15)7-2-1-3-12-8(7)6-17-10-13-4-5-16-10/h1-5H,6,11H2,(H,14,15). The first-order valence-corrected chi connectivity index (χ1v) is 5.77. The summed E-state index contributed by atoms with van der Waals surface area (Å²) in [6, 6.07) is 3.35. The minimum Gasteiger partial charge on any atom is -0.440 e. The van der Waals surface area contributed by atoms with Crippen molar-refractivity contribution >= 4 is 17.7 Å². The van der Waals surface area contributed by atoms with Crippen LogP contribution in [-0.2, 0) is 5.75 Å². The van der Waals surface area contributed by atoms with E-state index in [1.54, 1.807) is 24.5 Å². The number of carbonyl (C=O) groups excluding carboxylic acids is 1. The van der Waals surface area contributed by atoms with Gasteiger partial charge in [0, 0.05) is 11.9 Å². The van der Waals surface area contributed by atoms with E-state index in [0.29, 0.717) is 22.2 Å². The van der Waals surface area contributed by atoms with Gasteiger partial charge < -0.3 is 4.42 Å². The third kappa shape index (κ3) is 2.83. The highest BCUT2D eigenvalue weighted by atomic mass is 32.2. The highest BCUT2D eigenvalue weighted by Gasteiger charge is 2.11. The lowest BCUT2D eigenvalue weighted by Gasteiger charge is -2.05. The molecular formula is C10H10N4O2S. The summed E-state index contributed by atoms with van der Waals surface area (Å²) in [6.07, 6.45) is 4.68. The lowest BCUT2D eigenvalue weighted by molar-refractivity contribution is 0.0952. The summed E-state index contributed by atoms with van der Waals surface area (Å²) in [5, 5.41) is 0.537. The quantitative estimate of drug-likeness (QED) is 0.363. The van der Waals surface area contributed by atoms with E-state index in [-0.39, 0.29) is 5.91 Å². The molecule has 0 radical (unpaired) electrons. The van der Waals surface area contributed by atoms with E-state index in [4.69, 9.17) is 10.3 Å². The number of aromatic nitrogens is 2. The number of oxazole rings is 1. The van der Waals surface area contributed by atoms with Gasteiger partial charge in [-0.3, -0.25) is 15.2 Å². The Balaban J connectivity index is 2.12. The van der Waals surface area contributed by atoms with Crippen LogP contribution in [0.15, 0.2) is 40.4 Å². The Morgan fingerprint density at radius 2 is 2.35 bits per heavy atom. The maximum atomic E-state index is 11.5. The monoisotopic (exact) mass is 250 g/mol. The van der Waals surface area contributed by atoms with Gasteiger partial charge in [0.2, 0.25) is 0 Å². The number of hydrazine groups is 1. The Kier molecular flexibility index (Phi) is 3.73. The van der Waals surface area contributed by atoms with Crippen molar-refractivity contribution in [2.24, 2.45) is 5.84 Å². The SMILES string of the molecule is NNC(=O)c1cccnc1CSc1ncco1. The number of amides is 1. The predicted molar refractivity (Wildman–Crippen MR) is 62.0 cm³/mol. The highest BCUT2D eigenvalue weighted by Crippen LogP contribution is 2.21. The molecule has 2 heterocycles. The third-order valence-corrected chi connectivity index (χ3v) is 2.87. The molecular weight excluding hydrogens is 240 g/mol. The zero-order chi connectivity index (χ0) is 12.1. The number of nitrogen functional groups attached to an aromatic ring is 1. The van der Waals surface area contributed by atoms with Gasteiger partial charge in [-0.1, -0.05) is 11.8 Å². The first-order valence-electron chi connectivity index (χ1n) is 4.78. The Hall–Kier alpha value is -1.86. The first kappa shape index (κ1) is 11.6. The molecule has 2 aromatic heterocycles. The molecule has 2 aromatic rings. The van der Waals surface area contributed by atoms with Crippen LogP contribution in [0.25, 0.3) is 0 Å². The van der Waals surface area contributed by atoms with Gasteiger partial charge in [-0.05, 0) is 12.1 Å². The van der Waals surface area contributed by atoms with Gasteiger partial charge in [0.1, 0.15) is 6.26 Å². The smallest absolute Gasteiger partial charge is 0.267 e. The molecule has 0 aliphatic heterocycles. The summed E-state index contributed by atoms with van der Waals surface area (Å²) in [4.78, 5) is 19.6. The normalized spacial score (nSPS) is 10.2. The highest BCUT2D eigenvalue weighted by molar-refractivity contribution is 7.98. The van der Waals surface area contributed by atoms with E-state index in [1.165, 1.54) is 18.0 Å². The predicted octanol–water partition coefficient (Wildman–Crippen LogP) is 0.965. The van der Waals surface area contributed by atoms with Crippen LogP contribution in [0.5, 0.6) is 0 Å². The van der Waals surface area contributed by atoms with Crippen molar-refractivity contribution in [1.82, 2.24) is 15.4 Å². The molecule has 0 unspecified atom stereocenters. The second kappa shape index (κ2) is 5.46. The van der Waals surface area contributed by atoms with Crippen molar-refractivity contribution in [2.75, 3.05) is 0 Å². The van der Waals surface area contributed by atoms with E-state index in [1.807, 2.05) is 0 Å². The van der Waals surface area contributed by atoms with Crippen LogP contribution >= 0.6 is 11.8 Å². The summed E-state index contributed by atoms with van der Waals surface area (Å²) in [5.74, 6) is 5.23. The van der Waals surface area contributed by atoms with Crippen LogP contribution < -0.4 is 11.3 Å². The fraction of sp³-hybridized carbons (Fsp3) is 0.100. The van der Waals surface area contributed by atoms with Crippen molar-refractivity contribution in [2.45, 2.75) is 11.0 Å². The number of hydrogen-bond acceptors (Lipinski definition) is 6. The van der Waals surface area contributed by atoms with Gasteiger partial charge in [-0.15, -0.1) is 0 Å². The second-order valence-corrected chi connectivity index (χ2v) is 3.98. The molecule has 0 aliphatic rings. The van der Waals surface area contributed by atoms with Gasteiger partial charge in [0.25, 0.3) is 11.1 Å².